The summed E-state index contributed by atoms with van der Waals surface area (Å²) in [4.78, 5) is 11.6. The Hall–Kier alpha value is -2.34. The van der Waals surface area contributed by atoms with E-state index < -0.39 is 0 Å². The average Bonchev–Trinajstić information content (AvgIpc) is 3.06. The van der Waals surface area contributed by atoms with Crippen LogP contribution in [0.5, 0.6) is 0 Å². The SMILES string of the molecule is c1cc(-c2cncc3[nH]cnc23)c2nsnc2c1. The van der Waals surface area contributed by atoms with Crippen LogP contribution in [0.15, 0.2) is 36.9 Å². The number of aromatic amines is 1. The molecule has 4 rings (SSSR count). The van der Waals surface area contributed by atoms with Crippen molar-refractivity contribution in [3.63, 3.8) is 0 Å². The number of rotatable bonds is 1. The van der Waals surface area contributed by atoms with Crippen LogP contribution in [0.1, 0.15) is 0 Å². The average molecular weight is 253 g/mol. The molecule has 18 heavy (non-hydrogen) atoms. The van der Waals surface area contributed by atoms with Gasteiger partial charge in [-0.3, -0.25) is 4.98 Å². The van der Waals surface area contributed by atoms with E-state index in [1.807, 2.05) is 24.4 Å². The van der Waals surface area contributed by atoms with Crippen molar-refractivity contribution in [2.45, 2.75) is 0 Å². The highest BCUT2D eigenvalue weighted by molar-refractivity contribution is 7.00. The van der Waals surface area contributed by atoms with Crippen molar-refractivity contribution >= 4 is 33.8 Å². The van der Waals surface area contributed by atoms with Gasteiger partial charge in [0.1, 0.15) is 11.0 Å². The number of nitrogens with one attached hydrogen (secondary N) is 1. The van der Waals surface area contributed by atoms with Gasteiger partial charge in [0.05, 0.1) is 35.3 Å². The third-order valence-electron chi connectivity index (χ3n) is 2.91. The zero-order valence-electron chi connectivity index (χ0n) is 9.16. The molecule has 0 aliphatic carbocycles. The van der Waals surface area contributed by atoms with E-state index >= 15 is 0 Å². The maximum Gasteiger partial charge on any atom is 0.112 e. The molecule has 0 atom stereocenters. The Balaban J connectivity index is 2.13. The number of hydrogen-bond donors (Lipinski definition) is 1. The van der Waals surface area contributed by atoms with Gasteiger partial charge in [0.2, 0.25) is 0 Å². The molecule has 1 N–H and O–H groups in total. The van der Waals surface area contributed by atoms with E-state index in [1.165, 1.54) is 11.7 Å². The molecular formula is C12H7N5S. The van der Waals surface area contributed by atoms with Crippen molar-refractivity contribution in [3.05, 3.63) is 36.9 Å². The number of fused-ring (bicyclic) bond motifs is 2. The second kappa shape index (κ2) is 3.58. The monoisotopic (exact) mass is 253 g/mol. The second-order valence-electron chi connectivity index (χ2n) is 3.92. The lowest BCUT2D eigenvalue weighted by Crippen LogP contribution is -1.85. The van der Waals surface area contributed by atoms with E-state index in [1.54, 1.807) is 12.5 Å². The van der Waals surface area contributed by atoms with Crippen molar-refractivity contribution < 1.29 is 0 Å². The van der Waals surface area contributed by atoms with Crippen LogP contribution in [0.2, 0.25) is 0 Å². The van der Waals surface area contributed by atoms with Crippen LogP contribution in [0, 0.1) is 0 Å². The summed E-state index contributed by atoms with van der Waals surface area (Å²) in [5.41, 5.74) is 5.64. The lowest BCUT2D eigenvalue weighted by molar-refractivity contribution is 1.33. The summed E-state index contributed by atoms with van der Waals surface area (Å²) in [6.07, 6.45) is 5.26. The van der Waals surface area contributed by atoms with Gasteiger partial charge >= 0.3 is 0 Å². The first kappa shape index (κ1) is 9.67. The van der Waals surface area contributed by atoms with Gasteiger partial charge in [-0.1, -0.05) is 12.1 Å². The van der Waals surface area contributed by atoms with Crippen LogP contribution in [-0.4, -0.2) is 23.7 Å². The molecule has 0 amide bonds. The van der Waals surface area contributed by atoms with E-state index in [-0.39, 0.29) is 0 Å². The van der Waals surface area contributed by atoms with Gasteiger partial charge in [0.25, 0.3) is 0 Å². The molecule has 0 saturated carbocycles. The van der Waals surface area contributed by atoms with Gasteiger partial charge in [0.15, 0.2) is 0 Å². The number of H-pyrrole nitrogens is 1. The Kier molecular flexibility index (Phi) is 1.92. The minimum Gasteiger partial charge on any atom is -0.343 e. The first-order valence-corrected chi connectivity index (χ1v) is 6.15. The topological polar surface area (TPSA) is 67.3 Å². The smallest absolute Gasteiger partial charge is 0.112 e. The molecule has 1 aromatic carbocycles. The van der Waals surface area contributed by atoms with Gasteiger partial charge in [-0.15, -0.1) is 0 Å². The van der Waals surface area contributed by atoms with Gasteiger partial charge in [-0.05, 0) is 6.07 Å². The lowest BCUT2D eigenvalue weighted by Gasteiger charge is -2.02. The molecule has 5 nitrogen and oxygen atoms in total. The normalized spacial score (nSPS) is 11.3. The van der Waals surface area contributed by atoms with E-state index in [0.29, 0.717) is 0 Å². The van der Waals surface area contributed by atoms with Gasteiger partial charge in [-0.25, -0.2) is 4.98 Å². The predicted molar refractivity (Wildman–Crippen MR) is 70.3 cm³/mol. The Labute approximate surface area is 106 Å². The third kappa shape index (κ3) is 1.26. The number of hydrogen-bond acceptors (Lipinski definition) is 5. The number of imidazole rings is 1. The minimum atomic E-state index is 0.903. The standard InChI is InChI=1S/C12H7N5S/c1-2-7(12-9(3-1)16-18-17-12)8-4-13-5-10-11(8)15-6-14-10/h1-6H,(H,14,15). The summed E-state index contributed by atoms with van der Waals surface area (Å²) in [5.74, 6) is 0. The Bertz CT molecular complexity index is 776. The molecule has 6 heteroatoms. The zero-order chi connectivity index (χ0) is 11.9. The Morgan fingerprint density at radius 2 is 2.00 bits per heavy atom. The molecule has 3 heterocycles. The van der Waals surface area contributed by atoms with E-state index in [0.717, 1.165) is 33.2 Å². The Morgan fingerprint density at radius 3 is 3.00 bits per heavy atom. The molecular weight excluding hydrogens is 246 g/mol. The highest BCUT2D eigenvalue weighted by Crippen LogP contribution is 2.30. The summed E-state index contributed by atoms with van der Waals surface area (Å²) >= 11 is 1.22. The number of pyridine rings is 1. The van der Waals surface area contributed by atoms with Crippen molar-refractivity contribution in [2.75, 3.05) is 0 Å². The molecule has 4 aromatic rings. The maximum atomic E-state index is 4.35. The predicted octanol–water partition coefficient (Wildman–Crippen LogP) is 2.63. The maximum absolute atomic E-state index is 4.35. The first-order chi connectivity index (χ1) is 8.93. The van der Waals surface area contributed by atoms with Crippen LogP contribution in [0.4, 0.5) is 0 Å². The van der Waals surface area contributed by atoms with Gasteiger partial charge in [-0.2, -0.15) is 8.75 Å². The molecule has 0 bridgehead atoms. The molecule has 0 saturated heterocycles. The summed E-state index contributed by atoms with van der Waals surface area (Å²) in [5, 5.41) is 0. The number of nitrogens with zero attached hydrogens (tertiary/aromatic N) is 4. The Morgan fingerprint density at radius 1 is 1.00 bits per heavy atom. The van der Waals surface area contributed by atoms with E-state index in [4.69, 9.17) is 0 Å². The van der Waals surface area contributed by atoms with Crippen LogP contribution in [0.25, 0.3) is 33.2 Å². The first-order valence-electron chi connectivity index (χ1n) is 5.42. The number of benzene rings is 1. The quantitative estimate of drug-likeness (QED) is 0.566. The van der Waals surface area contributed by atoms with Crippen LogP contribution in [0.3, 0.4) is 0 Å². The fourth-order valence-corrected chi connectivity index (χ4v) is 2.64. The highest BCUT2D eigenvalue weighted by Gasteiger charge is 2.11. The summed E-state index contributed by atoms with van der Waals surface area (Å²) in [6.45, 7) is 0. The molecule has 3 aromatic heterocycles. The zero-order valence-corrected chi connectivity index (χ0v) is 9.98. The fraction of sp³-hybridized carbons (Fsp3) is 0. The van der Waals surface area contributed by atoms with Gasteiger partial charge < -0.3 is 4.98 Å². The van der Waals surface area contributed by atoms with E-state index in [2.05, 4.69) is 23.7 Å². The van der Waals surface area contributed by atoms with Crippen LogP contribution >= 0.6 is 11.7 Å². The van der Waals surface area contributed by atoms with Crippen LogP contribution < -0.4 is 0 Å². The van der Waals surface area contributed by atoms with Gasteiger partial charge in [0, 0.05) is 17.3 Å². The molecule has 0 unspecified atom stereocenters. The van der Waals surface area contributed by atoms with Crippen molar-refractivity contribution in [2.24, 2.45) is 0 Å². The molecule has 86 valence electrons. The third-order valence-corrected chi connectivity index (χ3v) is 3.45. The van der Waals surface area contributed by atoms with Crippen LogP contribution in [-0.2, 0) is 0 Å². The summed E-state index contributed by atoms with van der Waals surface area (Å²) in [6, 6.07) is 5.96. The summed E-state index contributed by atoms with van der Waals surface area (Å²) < 4.78 is 8.61. The van der Waals surface area contributed by atoms with E-state index in [9.17, 15) is 0 Å². The molecule has 0 aliphatic rings. The number of aromatic nitrogens is 5. The largest absolute Gasteiger partial charge is 0.343 e. The summed E-state index contributed by atoms with van der Waals surface area (Å²) in [7, 11) is 0. The highest BCUT2D eigenvalue weighted by atomic mass is 32.1. The second-order valence-corrected chi connectivity index (χ2v) is 4.45. The lowest BCUT2D eigenvalue weighted by atomic mass is 10.0. The molecule has 0 radical (unpaired) electrons. The van der Waals surface area contributed by atoms with Crippen molar-refractivity contribution in [1.29, 1.82) is 0 Å². The molecule has 0 spiro atoms. The molecule has 0 fully saturated rings. The van der Waals surface area contributed by atoms with Crippen molar-refractivity contribution in [1.82, 2.24) is 23.7 Å². The molecule has 0 aliphatic heterocycles. The minimum absolute atomic E-state index is 0.903. The fourth-order valence-electron chi connectivity index (χ4n) is 2.09. The van der Waals surface area contributed by atoms with Crippen molar-refractivity contribution in [3.8, 4) is 11.1 Å².